The highest BCUT2D eigenvalue weighted by Crippen LogP contribution is 2.12. The van der Waals surface area contributed by atoms with E-state index < -0.39 is 0 Å². The van der Waals surface area contributed by atoms with Crippen molar-refractivity contribution in [2.45, 2.75) is 20.8 Å². The number of carbonyl (C=O) groups excluding carboxylic acids is 3. The van der Waals surface area contributed by atoms with E-state index in [0.717, 1.165) is 0 Å². The van der Waals surface area contributed by atoms with Crippen molar-refractivity contribution in [2.24, 2.45) is 0 Å². The monoisotopic (exact) mass is 247 g/mol. The number of nitrogens with one attached hydrogen (secondary N) is 2. The predicted molar refractivity (Wildman–Crippen MR) is 60.5 cm³/mol. The van der Waals surface area contributed by atoms with Gasteiger partial charge in [-0.25, -0.2) is 9.97 Å². The Bertz CT molecular complexity index is 687. The minimum Gasteiger partial charge on any atom is -0.293 e. The fourth-order valence-electron chi connectivity index (χ4n) is 1.53. The van der Waals surface area contributed by atoms with Crippen LogP contribution in [0.1, 0.15) is 52.5 Å². The van der Waals surface area contributed by atoms with Crippen LogP contribution in [0.4, 0.5) is 0 Å². The molecule has 0 bridgehead atoms. The van der Waals surface area contributed by atoms with Crippen LogP contribution in [0, 0.1) is 0 Å². The molecule has 0 radical (unpaired) electrons. The number of fused-ring (bicyclic) bond motifs is 1. The van der Waals surface area contributed by atoms with E-state index in [0.29, 0.717) is 5.52 Å². The van der Waals surface area contributed by atoms with Gasteiger partial charge in [-0.2, -0.15) is 0 Å². The number of aromatic amines is 2. The van der Waals surface area contributed by atoms with E-state index in [1.165, 1.54) is 20.8 Å². The summed E-state index contributed by atoms with van der Waals surface area (Å²) in [7, 11) is 0. The number of imidazole rings is 1. The average molecular weight is 247 g/mol. The minimum atomic E-state index is -0.349. The van der Waals surface area contributed by atoms with Gasteiger partial charge in [0.2, 0.25) is 17.1 Å². The topological polar surface area (TPSA) is 107 Å². The number of ketones is 3. The molecule has 2 aromatic heterocycles. The Labute approximate surface area is 102 Å². The van der Waals surface area contributed by atoms with Crippen molar-refractivity contribution < 1.29 is 19.4 Å². The van der Waals surface area contributed by atoms with Crippen LogP contribution < -0.4 is 4.98 Å². The second kappa shape index (κ2) is 4.10. The molecule has 0 saturated carbocycles. The Hall–Kier alpha value is -2.44. The van der Waals surface area contributed by atoms with E-state index in [4.69, 9.17) is 0 Å². The van der Waals surface area contributed by atoms with Gasteiger partial charge in [0.15, 0.2) is 11.5 Å². The summed E-state index contributed by atoms with van der Waals surface area (Å²) in [6, 6.07) is 0. The first-order valence-electron chi connectivity index (χ1n) is 5.26. The zero-order valence-electron chi connectivity index (χ0n) is 10.1. The quantitative estimate of drug-likeness (QED) is 0.789. The van der Waals surface area contributed by atoms with Crippen molar-refractivity contribution in [3.8, 4) is 0 Å². The lowest BCUT2D eigenvalue weighted by molar-refractivity contribution is -0.351. The van der Waals surface area contributed by atoms with Gasteiger partial charge in [-0.3, -0.25) is 19.4 Å². The van der Waals surface area contributed by atoms with Crippen LogP contribution in [0.2, 0.25) is 0 Å². The van der Waals surface area contributed by atoms with E-state index >= 15 is 0 Å². The number of hydrogen-bond donors (Lipinski definition) is 1. The molecule has 0 saturated heterocycles. The maximum atomic E-state index is 11.5. The van der Waals surface area contributed by atoms with Crippen LogP contribution in [0.5, 0.6) is 0 Å². The van der Waals surface area contributed by atoms with E-state index in [9.17, 15) is 14.4 Å². The molecular weight excluding hydrogens is 236 g/mol. The number of rotatable bonds is 3. The van der Waals surface area contributed by atoms with Crippen molar-refractivity contribution in [2.75, 3.05) is 0 Å². The van der Waals surface area contributed by atoms with Crippen LogP contribution in [-0.2, 0) is 0 Å². The van der Waals surface area contributed by atoms with Gasteiger partial charge in [-0.15, -0.1) is 0 Å². The van der Waals surface area contributed by atoms with E-state index in [1.54, 1.807) is 0 Å². The molecule has 0 spiro atoms. The van der Waals surface area contributed by atoms with Crippen molar-refractivity contribution in [3.05, 3.63) is 17.3 Å². The van der Waals surface area contributed by atoms with Crippen LogP contribution in [0.25, 0.3) is 11.2 Å². The SMILES string of the molecule is CC(=O)c1nc(C(C)=O)c2[nH]c(C(C)=O)[nH+]c2n1. The molecule has 2 N–H and O–H groups in total. The summed E-state index contributed by atoms with van der Waals surface area (Å²) in [6.07, 6.45) is 0. The average Bonchev–Trinajstić information content (AvgIpc) is 2.70. The third kappa shape index (κ3) is 1.90. The number of carbonyl (C=O) groups is 3. The van der Waals surface area contributed by atoms with E-state index in [2.05, 4.69) is 19.9 Å². The molecule has 7 heteroatoms. The van der Waals surface area contributed by atoms with Gasteiger partial charge in [-0.05, 0) is 0 Å². The van der Waals surface area contributed by atoms with E-state index in [1.807, 2.05) is 0 Å². The Kier molecular flexibility index (Phi) is 2.74. The molecule has 0 aliphatic carbocycles. The summed E-state index contributed by atoms with van der Waals surface area (Å²) in [5.41, 5.74) is 0.692. The van der Waals surface area contributed by atoms with Crippen LogP contribution >= 0.6 is 0 Å². The molecule has 0 aliphatic rings. The maximum absolute atomic E-state index is 11.5. The third-order valence-corrected chi connectivity index (χ3v) is 2.40. The zero-order chi connectivity index (χ0) is 13.4. The van der Waals surface area contributed by atoms with Gasteiger partial charge < -0.3 is 0 Å². The molecule has 0 unspecified atom stereocenters. The lowest BCUT2D eigenvalue weighted by Gasteiger charge is -1.94. The highest BCUT2D eigenvalue weighted by atomic mass is 16.1. The van der Waals surface area contributed by atoms with Crippen LogP contribution in [0.15, 0.2) is 0 Å². The third-order valence-electron chi connectivity index (χ3n) is 2.40. The molecule has 0 amide bonds. The molecule has 18 heavy (non-hydrogen) atoms. The Morgan fingerprint density at radius 1 is 1.00 bits per heavy atom. The Morgan fingerprint density at radius 3 is 2.17 bits per heavy atom. The van der Waals surface area contributed by atoms with Gasteiger partial charge in [0.25, 0.3) is 11.6 Å². The normalized spacial score (nSPS) is 10.6. The van der Waals surface area contributed by atoms with Crippen molar-refractivity contribution in [1.82, 2.24) is 15.0 Å². The second-order valence-electron chi connectivity index (χ2n) is 3.91. The molecule has 0 aliphatic heterocycles. The fraction of sp³-hybridized carbons (Fsp3) is 0.273. The minimum absolute atomic E-state index is 0.0574. The van der Waals surface area contributed by atoms with Gasteiger partial charge in [0.05, 0.1) is 0 Å². The standard InChI is InChI=1S/C11H10N4O3/c1-4(16)7-8-11(14-9(12-7)5(2)17)15-10(13-8)6(3)18/h1-3H3,(H,12,13,14,15)/p+1. The summed E-state index contributed by atoms with van der Waals surface area (Å²) in [4.78, 5) is 47.4. The number of hydrogen-bond acceptors (Lipinski definition) is 5. The van der Waals surface area contributed by atoms with E-state index in [-0.39, 0.29) is 40.3 Å². The lowest BCUT2D eigenvalue weighted by Crippen LogP contribution is -2.14. The maximum Gasteiger partial charge on any atom is 0.304 e. The number of H-pyrrole nitrogens is 2. The molecule has 0 fully saturated rings. The Morgan fingerprint density at radius 2 is 1.67 bits per heavy atom. The van der Waals surface area contributed by atoms with Gasteiger partial charge >= 0.3 is 5.65 Å². The zero-order valence-corrected chi connectivity index (χ0v) is 10.1. The highest BCUT2D eigenvalue weighted by molar-refractivity contribution is 6.04. The highest BCUT2D eigenvalue weighted by Gasteiger charge is 2.24. The van der Waals surface area contributed by atoms with Crippen LogP contribution in [0.3, 0.4) is 0 Å². The van der Waals surface area contributed by atoms with Gasteiger partial charge in [0.1, 0.15) is 0 Å². The molecule has 92 valence electrons. The second-order valence-corrected chi connectivity index (χ2v) is 3.91. The molecule has 2 heterocycles. The predicted octanol–water partition coefficient (Wildman–Crippen LogP) is 0.380. The summed E-state index contributed by atoms with van der Waals surface area (Å²) >= 11 is 0. The number of nitrogens with zero attached hydrogens (tertiary/aromatic N) is 2. The first-order chi connectivity index (χ1) is 8.40. The molecule has 2 rings (SSSR count). The first-order valence-corrected chi connectivity index (χ1v) is 5.26. The summed E-state index contributed by atoms with van der Waals surface area (Å²) in [6.45, 7) is 4.01. The van der Waals surface area contributed by atoms with Crippen molar-refractivity contribution in [1.29, 1.82) is 0 Å². The number of aromatic nitrogens is 4. The summed E-state index contributed by atoms with van der Waals surface area (Å²) < 4.78 is 0. The number of Topliss-reactive ketones (excluding diaryl/α,β-unsaturated/α-hetero) is 3. The van der Waals surface area contributed by atoms with Gasteiger partial charge in [0, 0.05) is 20.8 Å². The van der Waals surface area contributed by atoms with Gasteiger partial charge in [-0.1, -0.05) is 4.98 Å². The summed E-state index contributed by atoms with van der Waals surface area (Å²) in [5, 5.41) is 0. The molecule has 0 aromatic carbocycles. The summed E-state index contributed by atoms with van der Waals surface area (Å²) in [5.74, 6) is -0.735. The molecule has 7 nitrogen and oxygen atoms in total. The molecular formula is C11H11N4O3+. The first kappa shape index (κ1) is 12.0. The van der Waals surface area contributed by atoms with Crippen molar-refractivity contribution >= 4 is 28.5 Å². The fourth-order valence-corrected chi connectivity index (χ4v) is 1.53. The van der Waals surface area contributed by atoms with Crippen LogP contribution in [-0.4, -0.2) is 32.3 Å². The Balaban J connectivity index is 2.81. The smallest absolute Gasteiger partial charge is 0.293 e. The molecule has 2 aromatic rings. The molecule has 0 atom stereocenters. The van der Waals surface area contributed by atoms with Crippen molar-refractivity contribution in [3.63, 3.8) is 0 Å². The lowest BCUT2D eigenvalue weighted by atomic mass is 10.2. The largest absolute Gasteiger partial charge is 0.304 e.